The van der Waals surface area contributed by atoms with E-state index in [-0.39, 0.29) is 11.6 Å². The lowest BCUT2D eigenvalue weighted by molar-refractivity contribution is -0.384. The van der Waals surface area contributed by atoms with Gasteiger partial charge in [0.2, 0.25) is 0 Å². The number of carbonyl (C=O) groups is 1. The zero-order chi connectivity index (χ0) is 21.1. The summed E-state index contributed by atoms with van der Waals surface area (Å²) in [7, 11) is 1.56. The summed E-state index contributed by atoms with van der Waals surface area (Å²) in [6, 6.07) is 16.8. The summed E-state index contributed by atoms with van der Waals surface area (Å²) in [5.74, 6) is 1.23. The zero-order valence-corrected chi connectivity index (χ0v) is 16.5. The van der Waals surface area contributed by atoms with Crippen LogP contribution in [0.5, 0.6) is 5.75 Å². The largest absolute Gasteiger partial charge is 0.494 e. The number of nitrogens with zero attached hydrogens (tertiary/aromatic N) is 2. The van der Waals surface area contributed by atoms with Crippen molar-refractivity contribution in [3.05, 3.63) is 81.4 Å². The second-order valence-electron chi connectivity index (χ2n) is 6.16. The first-order valence-corrected chi connectivity index (χ1v) is 9.62. The van der Waals surface area contributed by atoms with Crippen molar-refractivity contribution in [1.29, 1.82) is 0 Å². The topological polar surface area (TPSA) is 107 Å². The fourth-order valence-electron chi connectivity index (χ4n) is 2.80. The molecule has 3 aromatic rings. The van der Waals surface area contributed by atoms with E-state index < -0.39 is 4.92 Å². The molecule has 1 saturated heterocycles. The minimum absolute atomic E-state index is 0.0216. The number of thioether (sulfide) groups is 1. The van der Waals surface area contributed by atoms with Crippen LogP contribution in [-0.4, -0.2) is 23.1 Å². The Bertz CT molecular complexity index is 1200. The Hall–Kier alpha value is -3.85. The number of amidine groups is 1. The van der Waals surface area contributed by atoms with E-state index in [0.717, 1.165) is 0 Å². The van der Waals surface area contributed by atoms with Crippen molar-refractivity contribution in [3.63, 3.8) is 0 Å². The number of carbonyl (C=O) groups excluding carboxylic acids is 1. The van der Waals surface area contributed by atoms with Crippen LogP contribution in [0.15, 0.2) is 75.0 Å². The molecule has 1 aliphatic heterocycles. The molecule has 4 rings (SSSR count). The van der Waals surface area contributed by atoms with Gasteiger partial charge < -0.3 is 14.5 Å². The first-order valence-electron chi connectivity index (χ1n) is 8.81. The van der Waals surface area contributed by atoms with Crippen LogP contribution in [0.2, 0.25) is 0 Å². The second kappa shape index (κ2) is 8.26. The lowest BCUT2D eigenvalue weighted by Crippen LogP contribution is -2.19. The average Bonchev–Trinajstić information content (AvgIpc) is 3.35. The van der Waals surface area contributed by atoms with Crippen LogP contribution in [0, 0.1) is 10.1 Å². The van der Waals surface area contributed by atoms with Crippen LogP contribution in [-0.2, 0) is 4.79 Å². The molecule has 9 heteroatoms. The monoisotopic (exact) mass is 421 g/mol. The van der Waals surface area contributed by atoms with E-state index in [1.807, 2.05) is 12.1 Å². The number of furan rings is 1. The predicted molar refractivity (Wildman–Crippen MR) is 115 cm³/mol. The third-order valence-electron chi connectivity index (χ3n) is 4.20. The van der Waals surface area contributed by atoms with Crippen molar-refractivity contribution in [2.45, 2.75) is 0 Å². The van der Waals surface area contributed by atoms with Gasteiger partial charge in [-0.1, -0.05) is 24.3 Å². The predicted octanol–water partition coefficient (Wildman–Crippen LogP) is 4.76. The number of amides is 1. The lowest BCUT2D eigenvalue weighted by Gasteiger charge is -2.03. The number of hydrogen-bond donors (Lipinski definition) is 1. The molecule has 0 saturated carbocycles. The van der Waals surface area contributed by atoms with E-state index in [1.54, 1.807) is 49.6 Å². The Morgan fingerprint density at radius 1 is 1.17 bits per heavy atom. The van der Waals surface area contributed by atoms with Crippen molar-refractivity contribution >= 4 is 40.3 Å². The van der Waals surface area contributed by atoms with Gasteiger partial charge in [-0.05, 0) is 36.0 Å². The molecule has 1 fully saturated rings. The lowest BCUT2D eigenvalue weighted by atomic mass is 10.1. The zero-order valence-electron chi connectivity index (χ0n) is 15.7. The highest BCUT2D eigenvalue weighted by molar-refractivity contribution is 8.18. The molecule has 0 unspecified atom stereocenters. The molecular formula is C21H15N3O5S. The van der Waals surface area contributed by atoms with E-state index in [9.17, 15) is 14.9 Å². The summed E-state index contributed by atoms with van der Waals surface area (Å²) in [5.41, 5.74) is 1.16. The maximum Gasteiger partial charge on any atom is 0.270 e. The van der Waals surface area contributed by atoms with Gasteiger partial charge in [0.1, 0.15) is 23.0 Å². The number of non-ortho nitro benzene ring substituents is 1. The van der Waals surface area contributed by atoms with Gasteiger partial charge >= 0.3 is 0 Å². The summed E-state index contributed by atoms with van der Waals surface area (Å²) in [5, 5.41) is 14.1. The van der Waals surface area contributed by atoms with Gasteiger partial charge in [0.15, 0.2) is 5.17 Å². The van der Waals surface area contributed by atoms with E-state index in [0.29, 0.717) is 38.6 Å². The van der Waals surface area contributed by atoms with Gasteiger partial charge in [-0.15, -0.1) is 0 Å². The summed E-state index contributed by atoms with van der Waals surface area (Å²) in [6.45, 7) is 0. The minimum atomic E-state index is -0.461. The molecule has 2 heterocycles. The number of ether oxygens (including phenoxy) is 1. The number of methoxy groups -OCH3 is 1. The number of nitro groups is 1. The van der Waals surface area contributed by atoms with Crippen LogP contribution in [0.3, 0.4) is 0 Å². The van der Waals surface area contributed by atoms with Gasteiger partial charge in [0, 0.05) is 23.8 Å². The molecular weight excluding hydrogens is 406 g/mol. The third kappa shape index (κ3) is 4.11. The highest BCUT2D eigenvalue weighted by Crippen LogP contribution is 2.33. The summed E-state index contributed by atoms with van der Waals surface area (Å²) in [6.07, 6.45) is 1.60. The van der Waals surface area contributed by atoms with Crippen LogP contribution in [0.4, 0.5) is 11.4 Å². The number of para-hydroxylation sites is 2. The molecule has 1 amide bonds. The minimum Gasteiger partial charge on any atom is -0.494 e. The average molecular weight is 421 g/mol. The Labute approximate surface area is 175 Å². The molecule has 0 spiro atoms. The van der Waals surface area contributed by atoms with Crippen LogP contribution in [0.1, 0.15) is 5.76 Å². The molecule has 0 atom stereocenters. The fourth-order valence-corrected chi connectivity index (χ4v) is 3.61. The molecule has 1 N–H and O–H groups in total. The van der Waals surface area contributed by atoms with Gasteiger partial charge in [0.25, 0.3) is 11.6 Å². The summed E-state index contributed by atoms with van der Waals surface area (Å²) < 4.78 is 11.0. The second-order valence-corrected chi connectivity index (χ2v) is 7.19. The Kier molecular flexibility index (Phi) is 5.36. The molecule has 0 aliphatic carbocycles. The van der Waals surface area contributed by atoms with Crippen molar-refractivity contribution in [2.24, 2.45) is 4.99 Å². The normalized spacial score (nSPS) is 16.1. The summed E-state index contributed by atoms with van der Waals surface area (Å²) >= 11 is 1.18. The highest BCUT2D eigenvalue weighted by atomic mass is 32.2. The number of benzene rings is 2. The van der Waals surface area contributed by atoms with Crippen molar-refractivity contribution in [2.75, 3.05) is 7.11 Å². The first-order chi connectivity index (χ1) is 14.5. The quantitative estimate of drug-likeness (QED) is 0.362. The molecule has 150 valence electrons. The molecule has 1 aliphatic rings. The van der Waals surface area contributed by atoms with Crippen LogP contribution in [0.25, 0.3) is 17.4 Å². The Morgan fingerprint density at radius 2 is 2.00 bits per heavy atom. The first kappa shape index (κ1) is 19.5. The molecule has 30 heavy (non-hydrogen) atoms. The third-order valence-corrected chi connectivity index (χ3v) is 5.11. The summed E-state index contributed by atoms with van der Waals surface area (Å²) in [4.78, 5) is 27.7. The van der Waals surface area contributed by atoms with Crippen molar-refractivity contribution in [3.8, 4) is 17.1 Å². The Morgan fingerprint density at radius 3 is 2.80 bits per heavy atom. The van der Waals surface area contributed by atoms with Gasteiger partial charge in [-0.3, -0.25) is 14.9 Å². The number of nitrogens with one attached hydrogen (secondary N) is 1. The number of rotatable bonds is 5. The maximum absolute atomic E-state index is 12.3. The van der Waals surface area contributed by atoms with E-state index >= 15 is 0 Å². The van der Waals surface area contributed by atoms with Crippen molar-refractivity contribution in [1.82, 2.24) is 5.32 Å². The molecule has 2 aromatic carbocycles. The van der Waals surface area contributed by atoms with Gasteiger partial charge in [-0.25, -0.2) is 4.99 Å². The maximum atomic E-state index is 12.3. The van der Waals surface area contributed by atoms with Gasteiger partial charge in [0.05, 0.1) is 16.9 Å². The molecule has 0 bridgehead atoms. The van der Waals surface area contributed by atoms with E-state index in [1.165, 1.54) is 23.9 Å². The standard InChI is InChI=1S/C21H15N3O5S/c1-28-18-8-3-2-7-16(18)22-21-23-20(25)19(30-21)12-15-9-10-17(29-15)13-5-4-6-14(11-13)24(26)27/h2-12H,1H3,(H,22,23,25)/b19-12+. The molecule has 0 radical (unpaired) electrons. The molecule has 8 nitrogen and oxygen atoms in total. The van der Waals surface area contributed by atoms with Crippen LogP contribution < -0.4 is 10.1 Å². The fraction of sp³-hybridized carbons (Fsp3) is 0.0476. The van der Waals surface area contributed by atoms with E-state index in [4.69, 9.17) is 9.15 Å². The van der Waals surface area contributed by atoms with Crippen molar-refractivity contribution < 1.29 is 18.9 Å². The SMILES string of the molecule is COc1ccccc1N=C1NC(=O)/C(=C\c2ccc(-c3cccc([N+](=O)[O-])c3)o2)S1. The number of hydrogen-bond acceptors (Lipinski definition) is 7. The highest BCUT2D eigenvalue weighted by Gasteiger charge is 2.24. The van der Waals surface area contributed by atoms with E-state index in [2.05, 4.69) is 10.3 Å². The Balaban J connectivity index is 1.56. The molecule has 1 aromatic heterocycles. The van der Waals surface area contributed by atoms with Gasteiger partial charge in [-0.2, -0.15) is 0 Å². The van der Waals surface area contributed by atoms with Crippen LogP contribution >= 0.6 is 11.8 Å². The number of nitro benzene ring substituents is 1. The smallest absolute Gasteiger partial charge is 0.270 e. The number of aliphatic imine (C=N–C) groups is 1.